The molecule has 0 saturated heterocycles. The summed E-state index contributed by atoms with van der Waals surface area (Å²) in [5.41, 5.74) is 1.18. The van der Waals surface area contributed by atoms with Crippen molar-refractivity contribution < 1.29 is 9.84 Å². The van der Waals surface area contributed by atoms with Crippen molar-refractivity contribution in [3.05, 3.63) is 42.5 Å². The molecule has 0 fully saturated rings. The zero-order chi connectivity index (χ0) is 10.9. The smallest absolute Gasteiger partial charge is 0.119 e. The first kappa shape index (κ1) is 15.0. The standard InChI is InChI=1S/C12H17NO2.ClH/c1-2-9-15-12-5-3-11(4-6-12)10-13-7-8-14;/h2-6,13-14H,1,7-10H2;1H. The van der Waals surface area contributed by atoms with Gasteiger partial charge in [-0.2, -0.15) is 0 Å². The fourth-order valence-electron chi connectivity index (χ4n) is 1.17. The number of hydrogen-bond donors (Lipinski definition) is 2. The van der Waals surface area contributed by atoms with Crippen LogP contribution < -0.4 is 10.1 Å². The van der Waals surface area contributed by atoms with Crippen LogP contribution in [-0.2, 0) is 6.54 Å². The Bertz CT molecular complexity index is 288. The minimum atomic E-state index is 0. The van der Waals surface area contributed by atoms with Crippen LogP contribution in [0.4, 0.5) is 0 Å². The second-order valence-corrected chi connectivity index (χ2v) is 3.14. The molecule has 90 valence electrons. The Hall–Kier alpha value is -1.03. The third-order valence-electron chi connectivity index (χ3n) is 1.91. The van der Waals surface area contributed by atoms with Crippen LogP contribution in [0.2, 0.25) is 0 Å². The molecule has 1 aromatic rings. The lowest BCUT2D eigenvalue weighted by molar-refractivity contribution is 0.292. The Morgan fingerprint density at radius 1 is 1.31 bits per heavy atom. The SMILES string of the molecule is C=CCOc1ccc(CNCCO)cc1.Cl. The molecule has 1 aromatic carbocycles. The van der Waals surface area contributed by atoms with Crippen molar-refractivity contribution in [2.45, 2.75) is 6.54 Å². The molecule has 0 aliphatic carbocycles. The van der Waals surface area contributed by atoms with E-state index in [0.29, 0.717) is 13.2 Å². The monoisotopic (exact) mass is 243 g/mol. The van der Waals surface area contributed by atoms with Gasteiger partial charge >= 0.3 is 0 Å². The highest BCUT2D eigenvalue weighted by Crippen LogP contribution is 2.11. The molecule has 0 unspecified atom stereocenters. The van der Waals surface area contributed by atoms with E-state index in [2.05, 4.69) is 11.9 Å². The van der Waals surface area contributed by atoms with Crippen LogP contribution >= 0.6 is 12.4 Å². The van der Waals surface area contributed by atoms with E-state index < -0.39 is 0 Å². The van der Waals surface area contributed by atoms with Crippen molar-refractivity contribution in [1.82, 2.24) is 5.32 Å². The molecule has 0 spiro atoms. The fraction of sp³-hybridized carbons (Fsp3) is 0.333. The van der Waals surface area contributed by atoms with Crippen LogP contribution in [0.1, 0.15) is 5.56 Å². The van der Waals surface area contributed by atoms with E-state index in [1.165, 1.54) is 5.56 Å². The van der Waals surface area contributed by atoms with E-state index in [9.17, 15) is 0 Å². The fourth-order valence-corrected chi connectivity index (χ4v) is 1.17. The number of benzene rings is 1. The molecule has 0 aromatic heterocycles. The van der Waals surface area contributed by atoms with Gasteiger partial charge in [-0.25, -0.2) is 0 Å². The molecule has 0 amide bonds. The normalized spacial score (nSPS) is 9.31. The molecule has 1 rings (SSSR count). The number of aliphatic hydroxyl groups excluding tert-OH is 1. The van der Waals surface area contributed by atoms with E-state index in [4.69, 9.17) is 9.84 Å². The van der Waals surface area contributed by atoms with Crippen molar-refractivity contribution in [2.24, 2.45) is 0 Å². The first-order chi connectivity index (χ1) is 7.36. The topological polar surface area (TPSA) is 41.5 Å². The quantitative estimate of drug-likeness (QED) is 0.566. The van der Waals surface area contributed by atoms with Crippen LogP contribution in [0.25, 0.3) is 0 Å². The molecule has 0 aliphatic rings. The summed E-state index contributed by atoms with van der Waals surface area (Å²) in [5, 5.41) is 11.7. The molecule has 0 atom stereocenters. The van der Waals surface area contributed by atoms with Gasteiger partial charge in [0.05, 0.1) is 6.61 Å². The van der Waals surface area contributed by atoms with Gasteiger partial charge in [0.1, 0.15) is 12.4 Å². The third kappa shape index (κ3) is 5.75. The van der Waals surface area contributed by atoms with Crippen LogP contribution in [0.3, 0.4) is 0 Å². The minimum absolute atomic E-state index is 0. The maximum absolute atomic E-state index is 8.59. The van der Waals surface area contributed by atoms with E-state index in [0.717, 1.165) is 12.3 Å². The molecule has 4 heteroatoms. The van der Waals surface area contributed by atoms with Crippen LogP contribution in [0.15, 0.2) is 36.9 Å². The zero-order valence-corrected chi connectivity index (χ0v) is 10.0. The van der Waals surface area contributed by atoms with Crippen molar-refractivity contribution in [3.63, 3.8) is 0 Å². The summed E-state index contributed by atoms with van der Waals surface area (Å²) >= 11 is 0. The number of nitrogens with one attached hydrogen (secondary N) is 1. The molecule has 16 heavy (non-hydrogen) atoms. The maximum Gasteiger partial charge on any atom is 0.119 e. The van der Waals surface area contributed by atoms with Crippen molar-refractivity contribution in [2.75, 3.05) is 19.8 Å². The summed E-state index contributed by atoms with van der Waals surface area (Å²) in [4.78, 5) is 0. The number of rotatable bonds is 7. The molecular formula is C12H18ClNO2. The predicted molar refractivity (Wildman–Crippen MR) is 68.2 cm³/mol. The van der Waals surface area contributed by atoms with E-state index >= 15 is 0 Å². The highest BCUT2D eigenvalue weighted by molar-refractivity contribution is 5.85. The van der Waals surface area contributed by atoms with Crippen LogP contribution in [0, 0.1) is 0 Å². The maximum atomic E-state index is 8.59. The molecule has 0 radical (unpaired) electrons. The van der Waals surface area contributed by atoms with Crippen molar-refractivity contribution in [3.8, 4) is 5.75 Å². The number of halogens is 1. The first-order valence-corrected chi connectivity index (χ1v) is 5.01. The van der Waals surface area contributed by atoms with E-state index in [1.807, 2.05) is 24.3 Å². The van der Waals surface area contributed by atoms with Gasteiger partial charge in [-0.3, -0.25) is 0 Å². The van der Waals surface area contributed by atoms with Gasteiger partial charge in [-0.1, -0.05) is 24.8 Å². The van der Waals surface area contributed by atoms with Gasteiger partial charge in [0.2, 0.25) is 0 Å². The third-order valence-corrected chi connectivity index (χ3v) is 1.91. The Labute approximate surface area is 103 Å². The summed E-state index contributed by atoms with van der Waals surface area (Å²) in [5.74, 6) is 0.848. The molecule has 3 nitrogen and oxygen atoms in total. The lowest BCUT2D eigenvalue weighted by Crippen LogP contribution is -2.17. The van der Waals surface area contributed by atoms with Crippen LogP contribution in [-0.4, -0.2) is 24.9 Å². The predicted octanol–water partition coefficient (Wildman–Crippen LogP) is 1.76. The lowest BCUT2D eigenvalue weighted by Gasteiger charge is -2.05. The average Bonchev–Trinajstić information content (AvgIpc) is 2.28. The van der Waals surface area contributed by atoms with Gasteiger partial charge < -0.3 is 15.2 Å². The number of ether oxygens (including phenoxy) is 1. The second kappa shape index (κ2) is 9.21. The van der Waals surface area contributed by atoms with Gasteiger partial charge in [-0.05, 0) is 17.7 Å². The van der Waals surface area contributed by atoms with Gasteiger partial charge in [0, 0.05) is 13.1 Å². The number of hydrogen-bond acceptors (Lipinski definition) is 3. The molecular weight excluding hydrogens is 226 g/mol. The summed E-state index contributed by atoms with van der Waals surface area (Å²) < 4.78 is 5.36. The number of aliphatic hydroxyl groups is 1. The Morgan fingerprint density at radius 3 is 2.56 bits per heavy atom. The Balaban J connectivity index is 0.00000225. The largest absolute Gasteiger partial charge is 0.490 e. The molecule has 0 aliphatic heterocycles. The van der Waals surface area contributed by atoms with Crippen LogP contribution in [0.5, 0.6) is 5.75 Å². The summed E-state index contributed by atoms with van der Waals surface area (Å²) in [6, 6.07) is 7.87. The minimum Gasteiger partial charge on any atom is -0.490 e. The van der Waals surface area contributed by atoms with Gasteiger partial charge in [0.15, 0.2) is 0 Å². The van der Waals surface area contributed by atoms with Crippen molar-refractivity contribution in [1.29, 1.82) is 0 Å². The second-order valence-electron chi connectivity index (χ2n) is 3.14. The van der Waals surface area contributed by atoms with Crippen molar-refractivity contribution >= 4 is 12.4 Å². The summed E-state index contributed by atoms with van der Waals surface area (Å²) in [6.45, 7) is 5.67. The molecule has 0 bridgehead atoms. The highest BCUT2D eigenvalue weighted by Gasteiger charge is 1.94. The summed E-state index contributed by atoms with van der Waals surface area (Å²) in [7, 11) is 0. The average molecular weight is 244 g/mol. The molecule has 0 heterocycles. The Morgan fingerprint density at radius 2 is 2.00 bits per heavy atom. The lowest BCUT2D eigenvalue weighted by atomic mass is 10.2. The molecule has 2 N–H and O–H groups in total. The van der Waals surface area contributed by atoms with Gasteiger partial charge in [-0.15, -0.1) is 12.4 Å². The molecule has 0 saturated carbocycles. The first-order valence-electron chi connectivity index (χ1n) is 5.01. The van der Waals surface area contributed by atoms with Gasteiger partial charge in [0.25, 0.3) is 0 Å². The zero-order valence-electron chi connectivity index (χ0n) is 9.19. The van der Waals surface area contributed by atoms with E-state index in [1.54, 1.807) is 6.08 Å². The highest BCUT2D eigenvalue weighted by atomic mass is 35.5. The Kier molecular flexibility index (Phi) is 8.62. The van der Waals surface area contributed by atoms with E-state index in [-0.39, 0.29) is 19.0 Å². The summed E-state index contributed by atoms with van der Waals surface area (Å²) in [6.07, 6.45) is 1.72.